The predicted octanol–water partition coefficient (Wildman–Crippen LogP) is 2.66. The smallest absolute Gasteiger partial charge is 0.187 e. The maximum absolute atomic E-state index is 10.9. The zero-order valence-corrected chi connectivity index (χ0v) is 39.5. The number of ether oxygens (including phenoxy) is 10. The van der Waals surface area contributed by atoms with E-state index in [-0.39, 0.29) is 78.4 Å². The fourth-order valence-corrected chi connectivity index (χ4v) is 7.70. The summed E-state index contributed by atoms with van der Waals surface area (Å²) in [5.41, 5.74) is -1.42. The molecule has 7 N–H and O–H groups in total. The van der Waals surface area contributed by atoms with Crippen LogP contribution < -0.4 is 0 Å². The van der Waals surface area contributed by atoms with Gasteiger partial charge in [-0.3, -0.25) is 0 Å². The van der Waals surface area contributed by atoms with Gasteiger partial charge in [-0.2, -0.15) is 0 Å². The molecule has 3 fully saturated rings. The molecule has 0 aromatic rings. The summed E-state index contributed by atoms with van der Waals surface area (Å²) in [5.74, 6) is 0.121. The van der Waals surface area contributed by atoms with Gasteiger partial charge in [0, 0.05) is 12.5 Å². The molecule has 0 spiro atoms. The highest BCUT2D eigenvalue weighted by Gasteiger charge is 2.60. The molecule has 0 aromatic carbocycles. The van der Waals surface area contributed by atoms with E-state index in [2.05, 4.69) is 0 Å². The Morgan fingerprint density at radius 2 is 0.921 bits per heavy atom. The first-order chi connectivity index (χ1) is 30.3. The number of hydrogen-bond donors (Lipinski definition) is 7. The summed E-state index contributed by atoms with van der Waals surface area (Å²) < 4.78 is 65.6. The summed E-state index contributed by atoms with van der Waals surface area (Å²) in [6, 6.07) is 0. The highest BCUT2D eigenvalue weighted by atomic mass is 16.7. The van der Waals surface area contributed by atoms with E-state index >= 15 is 0 Å². The maximum atomic E-state index is 10.9. The molecule has 0 bridgehead atoms. The van der Waals surface area contributed by atoms with Crippen LogP contribution in [0.5, 0.6) is 0 Å². The summed E-state index contributed by atoms with van der Waals surface area (Å²) >= 11 is 0. The van der Waals surface area contributed by atoms with Crippen LogP contribution in [0.2, 0.25) is 0 Å². The molecule has 7 unspecified atom stereocenters. The van der Waals surface area contributed by atoms with E-state index in [9.17, 15) is 35.7 Å². The molecule has 0 aromatic heterocycles. The molecule has 0 radical (unpaired) electrons. The third kappa shape index (κ3) is 18.7. The lowest BCUT2D eigenvalue weighted by molar-refractivity contribution is -0.360. The third-order valence-electron chi connectivity index (χ3n) is 12.7. The summed E-state index contributed by atoms with van der Waals surface area (Å²) in [7, 11) is 0. The van der Waals surface area contributed by atoms with Crippen molar-refractivity contribution in [2.24, 2.45) is 11.8 Å². The van der Waals surface area contributed by atoms with Crippen molar-refractivity contribution < 1.29 is 83.1 Å². The standard InChI is InChI=1S/C46H88O17/c1-8-32(47)21-55-28-39-41(58-24-35(50)11-4)42(59-25-36(51)12-5)43(60-26-37(52)13-6)45(62-39)63-46(29-56-22-33(48)9-2)18-31(20-54-19-30-16-15-17-30)40(57-23-34(49)10-3)44(46)61-27-38(53)14-7/h30-45,47-53H,8-29H2,1-7H3/t31-,32?,33?,34?,35?,36?,37?,38?,39-,40-,41-,42+,43-,44+,45-,46+/m1/s1. The van der Waals surface area contributed by atoms with Crippen molar-refractivity contribution in [1.82, 2.24) is 0 Å². The molecule has 2 aliphatic carbocycles. The Bertz CT molecular complexity index is 1150. The van der Waals surface area contributed by atoms with E-state index in [1.165, 1.54) is 6.42 Å². The number of hydrogen-bond acceptors (Lipinski definition) is 17. The van der Waals surface area contributed by atoms with Crippen LogP contribution in [0, 0.1) is 11.8 Å². The minimum Gasteiger partial charge on any atom is -0.391 e. The predicted molar refractivity (Wildman–Crippen MR) is 233 cm³/mol. The Balaban J connectivity index is 2.22. The van der Waals surface area contributed by atoms with Crippen molar-refractivity contribution in [3.63, 3.8) is 0 Å². The Kier molecular flexibility index (Phi) is 27.6. The van der Waals surface area contributed by atoms with Gasteiger partial charge >= 0.3 is 0 Å². The third-order valence-corrected chi connectivity index (χ3v) is 12.7. The van der Waals surface area contributed by atoms with Gasteiger partial charge in [-0.15, -0.1) is 0 Å². The average molecular weight is 913 g/mol. The minimum atomic E-state index is -1.42. The molecule has 17 heteroatoms. The van der Waals surface area contributed by atoms with Crippen molar-refractivity contribution in [3.05, 3.63) is 0 Å². The van der Waals surface area contributed by atoms with E-state index in [1.54, 1.807) is 0 Å². The molecule has 16 atom stereocenters. The van der Waals surface area contributed by atoms with Gasteiger partial charge in [-0.25, -0.2) is 0 Å². The van der Waals surface area contributed by atoms with Crippen molar-refractivity contribution in [2.45, 2.75) is 210 Å². The first kappa shape index (κ1) is 56.6. The van der Waals surface area contributed by atoms with Gasteiger partial charge < -0.3 is 83.1 Å². The molecule has 3 rings (SSSR count). The van der Waals surface area contributed by atoms with Crippen molar-refractivity contribution in [3.8, 4) is 0 Å². The lowest BCUT2D eigenvalue weighted by atomic mass is 9.86. The van der Waals surface area contributed by atoms with Crippen LogP contribution in [-0.2, 0) is 47.4 Å². The molecular weight excluding hydrogens is 824 g/mol. The van der Waals surface area contributed by atoms with E-state index in [1.807, 2.05) is 48.5 Å². The van der Waals surface area contributed by atoms with Crippen LogP contribution in [0.4, 0.5) is 0 Å². The van der Waals surface area contributed by atoms with Gasteiger partial charge in [0.05, 0.1) is 115 Å². The minimum absolute atomic E-state index is 0.00383. The lowest BCUT2D eigenvalue weighted by Gasteiger charge is -2.49. The molecule has 374 valence electrons. The quantitative estimate of drug-likeness (QED) is 0.0479. The van der Waals surface area contributed by atoms with E-state index in [4.69, 9.17) is 47.4 Å². The summed E-state index contributed by atoms with van der Waals surface area (Å²) in [4.78, 5) is 0. The summed E-state index contributed by atoms with van der Waals surface area (Å²) in [6.45, 7) is 13.1. The summed E-state index contributed by atoms with van der Waals surface area (Å²) in [6.07, 6.45) is -5.97. The van der Waals surface area contributed by atoms with Crippen molar-refractivity contribution in [2.75, 3.05) is 72.7 Å². The molecule has 17 nitrogen and oxygen atoms in total. The van der Waals surface area contributed by atoms with Gasteiger partial charge in [-0.1, -0.05) is 54.9 Å². The highest BCUT2D eigenvalue weighted by molar-refractivity contribution is 5.08. The summed E-state index contributed by atoms with van der Waals surface area (Å²) in [5, 5.41) is 75.1. The second kappa shape index (κ2) is 30.6. The Morgan fingerprint density at radius 3 is 1.41 bits per heavy atom. The molecule has 0 amide bonds. The van der Waals surface area contributed by atoms with E-state index in [0.717, 1.165) is 12.8 Å². The first-order valence-electron chi connectivity index (χ1n) is 24.2. The van der Waals surface area contributed by atoms with E-state index < -0.39 is 91.2 Å². The molecule has 2 saturated carbocycles. The van der Waals surface area contributed by atoms with Crippen LogP contribution in [0.15, 0.2) is 0 Å². The van der Waals surface area contributed by atoms with Gasteiger partial charge in [-0.05, 0) is 70.1 Å². The van der Waals surface area contributed by atoms with Gasteiger partial charge in [0.1, 0.15) is 36.1 Å². The second-order valence-electron chi connectivity index (χ2n) is 18.0. The van der Waals surface area contributed by atoms with Crippen LogP contribution in [0.25, 0.3) is 0 Å². The molecule has 1 aliphatic heterocycles. The Hall–Kier alpha value is -0.680. The van der Waals surface area contributed by atoms with Gasteiger partial charge in [0.25, 0.3) is 0 Å². The van der Waals surface area contributed by atoms with Crippen LogP contribution >= 0.6 is 0 Å². The SMILES string of the molecule is CCC(O)COC[C@H]1O[C@H](O[C@]2(COCC(O)CC)C[C@H](COCC3CCC3)[C@@H](OCC(O)CC)[C@@H]2OCC(O)CC)[C@H](OCC(O)CC)[C@@H](OCC(O)CC)[C@@H]1OCC(O)CC. The van der Waals surface area contributed by atoms with Crippen molar-refractivity contribution in [1.29, 1.82) is 0 Å². The maximum Gasteiger partial charge on any atom is 0.187 e. The van der Waals surface area contributed by atoms with E-state index in [0.29, 0.717) is 57.5 Å². The largest absolute Gasteiger partial charge is 0.391 e. The number of aliphatic hydroxyl groups is 7. The second-order valence-corrected chi connectivity index (χ2v) is 18.0. The molecule has 1 heterocycles. The van der Waals surface area contributed by atoms with Crippen molar-refractivity contribution >= 4 is 0 Å². The molecule has 63 heavy (non-hydrogen) atoms. The van der Waals surface area contributed by atoms with Gasteiger partial charge in [0.15, 0.2) is 6.29 Å². The highest BCUT2D eigenvalue weighted by Crippen LogP contribution is 2.45. The zero-order valence-electron chi connectivity index (χ0n) is 39.5. The monoisotopic (exact) mass is 913 g/mol. The number of aliphatic hydroxyl groups excluding tert-OH is 7. The lowest BCUT2D eigenvalue weighted by Crippen LogP contribution is -2.65. The fraction of sp³-hybridized carbons (Fsp3) is 1.00. The van der Waals surface area contributed by atoms with Crippen LogP contribution in [0.1, 0.15) is 119 Å². The average Bonchev–Trinajstić information content (AvgIpc) is 3.56. The fourth-order valence-electron chi connectivity index (χ4n) is 7.70. The van der Waals surface area contributed by atoms with Gasteiger partial charge in [0.2, 0.25) is 0 Å². The van der Waals surface area contributed by atoms with Crippen LogP contribution in [-0.4, -0.2) is 200 Å². The Morgan fingerprint density at radius 1 is 0.476 bits per heavy atom. The molecular formula is C46H88O17. The Labute approximate surface area is 377 Å². The molecule has 3 aliphatic rings. The van der Waals surface area contributed by atoms with Crippen LogP contribution in [0.3, 0.4) is 0 Å². The first-order valence-corrected chi connectivity index (χ1v) is 24.2. The molecule has 1 saturated heterocycles. The normalized spacial score (nSPS) is 31.3. The zero-order chi connectivity index (χ0) is 46.4. The number of rotatable bonds is 36. The topological polar surface area (TPSA) is 234 Å².